The van der Waals surface area contributed by atoms with E-state index in [9.17, 15) is 4.79 Å². The van der Waals surface area contributed by atoms with E-state index in [1.807, 2.05) is 18.2 Å². The van der Waals surface area contributed by atoms with Gasteiger partial charge in [-0.15, -0.1) is 0 Å². The zero-order valence-corrected chi connectivity index (χ0v) is 16.1. The summed E-state index contributed by atoms with van der Waals surface area (Å²) < 4.78 is 7.03. The molecule has 2 N–H and O–H groups in total. The molecule has 22 heavy (non-hydrogen) atoms. The van der Waals surface area contributed by atoms with E-state index >= 15 is 0 Å². The monoisotopic (exact) mass is 490 g/mol. The molecule has 0 heterocycles. The van der Waals surface area contributed by atoms with Gasteiger partial charge >= 0.3 is 0 Å². The minimum Gasteiger partial charge on any atom is -0.497 e. The van der Waals surface area contributed by atoms with Crippen molar-refractivity contribution in [1.82, 2.24) is 5.32 Å². The second kappa shape index (κ2) is 7.89. The first-order valence-corrected chi connectivity index (χ1v) is 8.49. The van der Waals surface area contributed by atoms with E-state index in [0.29, 0.717) is 11.3 Å². The van der Waals surface area contributed by atoms with Gasteiger partial charge < -0.3 is 10.1 Å². The van der Waals surface area contributed by atoms with Crippen molar-refractivity contribution in [1.29, 1.82) is 0 Å². The number of hydrogen-bond acceptors (Lipinski definition) is 3. The van der Waals surface area contributed by atoms with Gasteiger partial charge in [0.05, 0.1) is 12.8 Å². The highest BCUT2D eigenvalue weighted by atomic mass is 127. The number of rotatable bonds is 3. The van der Waals surface area contributed by atoms with Crippen LogP contribution in [0, 0.1) is 3.57 Å². The van der Waals surface area contributed by atoms with Crippen LogP contribution in [0.1, 0.15) is 10.4 Å². The highest BCUT2D eigenvalue weighted by Crippen LogP contribution is 2.22. The molecule has 114 valence electrons. The Kier molecular flexibility index (Phi) is 6.16. The molecule has 1 amide bonds. The SMILES string of the molecule is COc1ccc(C(=O)NC(=S)Nc2ccc(Br)cc2I)cc1. The van der Waals surface area contributed by atoms with Gasteiger partial charge in [-0.3, -0.25) is 10.1 Å². The molecule has 0 fully saturated rings. The second-order valence-corrected chi connectivity index (χ2v) is 6.75. The number of amides is 1. The molecule has 0 saturated carbocycles. The normalized spacial score (nSPS) is 9.95. The Morgan fingerprint density at radius 2 is 1.91 bits per heavy atom. The number of halogens is 2. The summed E-state index contributed by atoms with van der Waals surface area (Å²) in [7, 11) is 1.58. The summed E-state index contributed by atoms with van der Waals surface area (Å²) in [6.07, 6.45) is 0. The number of ether oxygens (including phenoxy) is 1. The number of hydrogen-bond donors (Lipinski definition) is 2. The van der Waals surface area contributed by atoms with Crippen LogP contribution in [-0.2, 0) is 0 Å². The Bertz CT molecular complexity index is 707. The summed E-state index contributed by atoms with van der Waals surface area (Å²) in [6.45, 7) is 0. The van der Waals surface area contributed by atoms with Crippen LogP contribution >= 0.6 is 50.7 Å². The Balaban J connectivity index is 2.00. The molecule has 0 radical (unpaired) electrons. The maximum atomic E-state index is 12.1. The number of benzene rings is 2. The molecule has 2 aromatic rings. The van der Waals surface area contributed by atoms with Gasteiger partial charge in [-0.1, -0.05) is 15.9 Å². The number of thiocarbonyl (C=S) groups is 1. The van der Waals surface area contributed by atoms with Crippen molar-refractivity contribution < 1.29 is 9.53 Å². The van der Waals surface area contributed by atoms with Crippen LogP contribution in [0.4, 0.5) is 5.69 Å². The van der Waals surface area contributed by atoms with E-state index in [1.54, 1.807) is 31.4 Å². The molecule has 7 heteroatoms. The van der Waals surface area contributed by atoms with Crippen LogP contribution in [0.5, 0.6) is 5.75 Å². The van der Waals surface area contributed by atoms with Gasteiger partial charge in [0.1, 0.15) is 5.75 Å². The van der Waals surface area contributed by atoms with Crippen molar-refractivity contribution in [3.63, 3.8) is 0 Å². The van der Waals surface area contributed by atoms with E-state index in [-0.39, 0.29) is 11.0 Å². The van der Waals surface area contributed by atoms with Crippen LogP contribution in [0.15, 0.2) is 46.9 Å². The van der Waals surface area contributed by atoms with Gasteiger partial charge in [0.25, 0.3) is 5.91 Å². The van der Waals surface area contributed by atoms with Gasteiger partial charge in [0, 0.05) is 13.6 Å². The molecule has 0 aliphatic carbocycles. The molecule has 0 atom stereocenters. The molecule has 0 aliphatic rings. The van der Waals surface area contributed by atoms with Crippen LogP contribution in [0.3, 0.4) is 0 Å². The van der Waals surface area contributed by atoms with Crippen LogP contribution in [0.25, 0.3) is 0 Å². The fourth-order valence-electron chi connectivity index (χ4n) is 1.66. The van der Waals surface area contributed by atoms with Crippen LogP contribution < -0.4 is 15.4 Å². The van der Waals surface area contributed by atoms with Crippen LogP contribution in [-0.4, -0.2) is 18.1 Å². The van der Waals surface area contributed by atoms with E-state index in [0.717, 1.165) is 13.7 Å². The first-order chi connectivity index (χ1) is 10.5. The van der Waals surface area contributed by atoms with Crippen LogP contribution in [0.2, 0.25) is 0 Å². The molecular formula is C15H12BrIN2O2S. The van der Waals surface area contributed by atoms with Gasteiger partial charge in [0.15, 0.2) is 5.11 Å². The largest absolute Gasteiger partial charge is 0.497 e. The summed E-state index contributed by atoms with van der Waals surface area (Å²) in [5.74, 6) is 0.425. The maximum Gasteiger partial charge on any atom is 0.257 e. The zero-order chi connectivity index (χ0) is 16.1. The summed E-state index contributed by atoms with van der Waals surface area (Å²) >= 11 is 10.8. The number of methoxy groups -OCH3 is 1. The summed E-state index contributed by atoms with van der Waals surface area (Å²) in [6, 6.07) is 12.6. The first-order valence-electron chi connectivity index (χ1n) is 6.21. The van der Waals surface area contributed by atoms with Gasteiger partial charge in [-0.05, 0) is 77.3 Å². The Hall–Kier alpha value is -1.19. The van der Waals surface area contributed by atoms with Gasteiger partial charge in [-0.2, -0.15) is 0 Å². The smallest absolute Gasteiger partial charge is 0.257 e. The molecule has 2 rings (SSSR count). The molecular weight excluding hydrogens is 479 g/mol. The van der Waals surface area contributed by atoms with Crippen molar-refractivity contribution >= 4 is 67.4 Å². The van der Waals surface area contributed by atoms with Crippen molar-refractivity contribution in [2.75, 3.05) is 12.4 Å². The number of anilines is 1. The molecule has 0 unspecified atom stereocenters. The highest BCUT2D eigenvalue weighted by Gasteiger charge is 2.09. The summed E-state index contributed by atoms with van der Waals surface area (Å²) in [4.78, 5) is 12.1. The predicted molar refractivity (Wildman–Crippen MR) is 104 cm³/mol. The van der Waals surface area contributed by atoms with Crippen molar-refractivity contribution in [3.05, 3.63) is 56.1 Å². The Morgan fingerprint density at radius 3 is 2.50 bits per heavy atom. The zero-order valence-electron chi connectivity index (χ0n) is 11.5. The number of carbonyl (C=O) groups excluding carboxylic acids is 1. The topological polar surface area (TPSA) is 50.4 Å². The van der Waals surface area contributed by atoms with Gasteiger partial charge in [0.2, 0.25) is 0 Å². The van der Waals surface area contributed by atoms with Gasteiger partial charge in [-0.25, -0.2) is 0 Å². The fraction of sp³-hybridized carbons (Fsp3) is 0.0667. The summed E-state index contributed by atoms with van der Waals surface area (Å²) in [5, 5.41) is 5.91. The Morgan fingerprint density at radius 1 is 1.23 bits per heavy atom. The minimum absolute atomic E-state index is 0.251. The van der Waals surface area contributed by atoms with E-state index in [2.05, 4.69) is 49.2 Å². The standard InChI is InChI=1S/C15H12BrIN2O2S/c1-21-11-5-2-9(3-6-11)14(20)19-15(22)18-13-7-4-10(16)8-12(13)17/h2-8H,1H3,(H2,18,19,20,22). The lowest BCUT2D eigenvalue weighted by Gasteiger charge is -2.11. The third-order valence-corrected chi connectivity index (χ3v) is 4.35. The highest BCUT2D eigenvalue weighted by molar-refractivity contribution is 14.1. The molecule has 0 saturated heterocycles. The summed E-state index contributed by atoms with van der Waals surface area (Å²) in [5.41, 5.74) is 1.35. The van der Waals surface area contributed by atoms with Crippen molar-refractivity contribution in [3.8, 4) is 5.75 Å². The lowest BCUT2D eigenvalue weighted by Crippen LogP contribution is -2.34. The fourth-order valence-corrected chi connectivity index (χ4v) is 3.30. The lowest BCUT2D eigenvalue weighted by atomic mass is 10.2. The third-order valence-electron chi connectivity index (χ3n) is 2.76. The van der Waals surface area contributed by atoms with E-state index < -0.39 is 0 Å². The van der Waals surface area contributed by atoms with E-state index in [4.69, 9.17) is 17.0 Å². The molecule has 4 nitrogen and oxygen atoms in total. The predicted octanol–water partition coefficient (Wildman–Crippen LogP) is 4.19. The van der Waals surface area contributed by atoms with E-state index in [1.165, 1.54) is 0 Å². The average Bonchev–Trinajstić information content (AvgIpc) is 2.50. The molecule has 0 bridgehead atoms. The molecule has 0 spiro atoms. The van der Waals surface area contributed by atoms with Crippen molar-refractivity contribution in [2.24, 2.45) is 0 Å². The quantitative estimate of drug-likeness (QED) is 0.500. The first kappa shape index (κ1) is 17.2. The van der Waals surface area contributed by atoms with Crippen molar-refractivity contribution in [2.45, 2.75) is 0 Å². The average molecular weight is 491 g/mol. The second-order valence-electron chi connectivity index (χ2n) is 4.26. The Labute approximate surface area is 155 Å². The maximum absolute atomic E-state index is 12.1. The number of carbonyl (C=O) groups is 1. The molecule has 0 aromatic heterocycles. The number of nitrogens with one attached hydrogen (secondary N) is 2. The minimum atomic E-state index is -0.271. The third kappa shape index (κ3) is 4.65. The molecule has 0 aliphatic heterocycles. The lowest BCUT2D eigenvalue weighted by molar-refractivity contribution is 0.0977. The molecule has 2 aromatic carbocycles.